The summed E-state index contributed by atoms with van der Waals surface area (Å²) in [6.07, 6.45) is 6.94. The topological polar surface area (TPSA) is 3.24 Å². The summed E-state index contributed by atoms with van der Waals surface area (Å²) in [6, 6.07) is 0.850. The molecule has 1 aliphatic heterocycles. The quantitative estimate of drug-likeness (QED) is 0.705. The Morgan fingerprint density at radius 2 is 2.07 bits per heavy atom. The maximum Gasteiger partial charge on any atom is 0.00953 e. The van der Waals surface area contributed by atoms with Crippen molar-refractivity contribution in [1.29, 1.82) is 0 Å². The Balaban J connectivity index is 2.48. The van der Waals surface area contributed by atoms with Crippen molar-refractivity contribution in [2.24, 2.45) is 5.41 Å². The van der Waals surface area contributed by atoms with Gasteiger partial charge in [0.05, 0.1) is 0 Å². The van der Waals surface area contributed by atoms with Crippen LogP contribution >= 0.6 is 12.6 Å². The average Bonchev–Trinajstić information content (AvgIpc) is 2.21. The SMILES string of the molecule is CCCC1CCCCN1CC(C)(C)CS. The van der Waals surface area contributed by atoms with Gasteiger partial charge < -0.3 is 0 Å². The van der Waals surface area contributed by atoms with Crippen LogP contribution < -0.4 is 0 Å². The molecule has 0 amide bonds. The Kier molecular flexibility index (Phi) is 5.48. The summed E-state index contributed by atoms with van der Waals surface area (Å²) in [4.78, 5) is 2.71. The highest BCUT2D eigenvalue weighted by atomic mass is 32.1. The summed E-state index contributed by atoms with van der Waals surface area (Å²) in [5.74, 6) is 0.988. The second-order valence-electron chi connectivity index (χ2n) is 5.73. The van der Waals surface area contributed by atoms with Crippen molar-refractivity contribution >= 4 is 12.6 Å². The molecule has 0 bridgehead atoms. The van der Waals surface area contributed by atoms with E-state index in [2.05, 4.69) is 38.3 Å². The number of likely N-dealkylation sites (tertiary alicyclic amines) is 1. The van der Waals surface area contributed by atoms with Crippen LogP contribution in [-0.2, 0) is 0 Å². The molecule has 1 rings (SSSR count). The molecular formula is C13H27NS. The van der Waals surface area contributed by atoms with Crippen molar-refractivity contribution in [3.63, 3.8) is 0 Å². The lowest BCUT2D eigenvalue weighted by atomic mass is 9.91. The highest BCUT2D eigenvalue weighted by Gasteiger charge is 2.27. The minimum atomic E-state index is 0.368. The van der Waals surface area contributed by atoms with E-state index in [0.29, 0.717) is 5.41 Å². The van der Waals surface area contributed by atoms with E-state index in [1.165, 1.54) is 45.2 Å². The third-order valence-corrected chi connectivity index (χ3v) is 4.29. The highest BCUT2D eigenvalue weighted by Crippen LogP contribution is 2.26. The van der Waals surface area contributed by atoms with Crippen molar-refractivity contribution < 1.29 is 0 Å². The van der Waals surface area contributed by atoms with Crippen LogP contribution in [0.1, 0.15) is 52.9 Å². The second kappa shape index (κ2) is 6.15. The Labute approximate surface area is 101 Å². The number of rotatable bonds is 5. The maximum atomic E-state index is 4.46. The third-order valence-electron chi connectivity index (χ3n) is 3.43. The molecule has 0 radical (unpaired) electrons. The average molecular weight is 229 g/mol. The Morgan fingerprint density at radius 3 is 2.67 bits per heavy atom. The van der Waals surface area contributed by atoms with Crippen LogP contribution in [0.4, 0.5) is 0 Å². The molecule has 1 heterocycles. The molecule has 0 aromatic carbocycles. The molecule has 0 aromatic heterocycles. The Morgan fingerprint density at radius 1 is 1.33 bits per heavy atom. The van der Waals surface area contributed by atoms with Crippen LogP contribution in [0.5, 0.6) is 0 Å². The summed E-state index contributed by atoms with van der Waals surface area (Å²) in [5.41, 5.74) is 0.368. The molecule has 2 heteroatoms. The molecule has 0 aliphatic carbocycles. The first-order valence-electron chi connectivity index (χ1n) is 6.44. The maximum absolute atomic E-state index is 4.46. The number of thiol groups is 1. The predicted molar refractivity (Wildman–Crippen MR) is 71.8 cm³/mol. The van der Waals surface area contributed by atoms with Gasteiger partial charge in [-0.05, 0) is 37.0 Å². The smallest absolute Gasteiger partial charge is 0.00953 e. The van der Waals surface area contributed by atoms with Gasteiger partial charge in [0, 0.05) is 12.6 Å². The molecular weight excluding hydrogens is 202 g/mol. The van der Waals surface area contributed by atoms with Crippen LogP contribution in [-0.4, -0.2) is 29.8 Å². The van der Waals surface area contributed by atoms with Crippen LogP contribution in [0.2, 0.25) is 0 Å². The lowest BCUT2D eigenvalue weighted by Gasteiger charge is -2.40. The van der Waals surface area contributed by atoms with Gasteiger partial charge in [-0.15, -0.1) is 0 Å². The van der Waals surface area contributed by atoms with Crippen molar-refractivity contribution in [2.75, 3.05) is 18.8 Å². The molecule has 1 unspecified atom stereocenters. The zero-order chi connectivity index (χ0) is 11.3. The Hall–Kier alpha value is 0.310. The van der Waals surface area contributed by atoms with Gasteiger partial charge in [0.1, 0.15) is 0 Å². The molecule has 1 nitrogen and oxygen atoms in total. The number of hydrogen-bond acceptors (Lipinski definition) is 2. The van der Waals surface area contributed by atoms with E-state index in [4.69, 9.17) is 0 Å². The lowest BCUT2D eigenvalue weighted by molar-refractivity contribution is 0.0988. The van der Waals surface area contributed by atoms with E-state index in [1.807, 2.05) is 0 Å². The van der Waals surface area contributed by atoms with Gasteiger partial charge in [0.2, 0.25) is 0 Å². The first-order chi connectivity index (χ1) is 7.09. The van der Waals surface area contributed by atoms with Gasteiger partial charge >= 0.3 is 0 Å². The monoisotopic (exact) mass is 229 g/mol. The van der Waals surface area contributed by atoms with Crippen molar-refractivity contribution in [3.05, 3.63) is 0 Å². The Bertz CT molecular complexity index is 177. The van der Waals surface area contributed by atoms with Crippen molar-refractivity contribution in [1.82, 2.24) is 4.90 Å². The van der Waals surface area contributed by atoms with E-state index in [1.54, 1.807) is 0 Å². The minimum Gasteiger partial charge on any atom is -0.300 e. The fourth-order valence-electron chi connectivity index (χ4n) is 2.53. The summed E-state index contributed by atoms with van der Waals surface area (Å²) < 4.78 is 0. The van der Waals surface area contributed by atoms with Gasteiger partial charge in [-0.1, -0.05) is 33.6 Å². The molecule has 0 saturated carbocycles. The van der Waals surface area contributed by atoms with Gasteiger partial charge in [0.15, 0.2) is 0 Å². The summed E-state index contributed by atoms with van der Waals surface area (Å²) in [5, 5.41) is 0. The summed E-state index contributed by atoms with van der Waals surface area (Å²) in [7, 11) is 0. The van der Waals surface area contributed by atoms with Gasteiger partial charge in [-0.3, -0.25) is 4.90 Å². The highest BCUT2D eigenvalue weighted by molar-refractivity contribution is 7.80. The van der Waals surface area contributed by atoms with Crippen LogP contribution in [0, 0.1) is 5.41 Å². The van der Waals surface area contributed by atoms with Gasteiger partial charge in [-0.25, -0.2) is 0 Å². The lowest BCUT2D eigenvalue weighted by Crippen LogP contribution is -2.45. The number of nitrogens with zero attached hydrogens (tertiary/aromatic N) is 1. The second-order valence-corrected chi connectivity index (χ2v) is 6.05. The third kappa shape index (κ3) is 4.36. The molecule has 1 atom stereocenters. The molecule has 1 aliphatic rings. The molecule has 0 N–H and O–H groups in total. The van der Waals surface area contributed by atoms with Crippen LogP contribution in [0.15, 0.2) is 0 Å². The summed E-state index contributed by atoms with van der Waals surface area (Å²) in [6.45, 7) is 9.49. The van der Waals surface area contributed by atoms with Crippen molar-refractivity contribution in [3.8, 4) is 0 Å². The number of hydrogen-bond donors (Lipinski definition) is 1. The molecule has 0 spiro atoms. The molecule has 1 fully saturated rings. The van der Waals surface area contributed by atoms with E-state index in [-0.39, 0.29) is 0 Å². The van der Waals surface area contributed by atoms with Crippen LogP contribution in [0.3, 0.4) is 0 Å². The summed E-state index contributed by atoms with van der Waals surface area (Å²) >= 11 is 4.46. The first kappa shape index (κ1) is 13.4. The largest absolute Gasteiger partial charge is 0.300 e. The predicted octanol–water partition coefficient (Wildman–Crippen LogP) is 3.60. The van der Waals surface area contributed by atoms with E-state index >= 15 is 0 Å². The van der Waals surface area contributed by atoms with E-state index in [0.717, 1.165) is 11.8 Å². The van der Waals surface area contributed by atoms with Crippen molar-refractivity contribution in [2.45, 2.75) is 58.9 Å². The molecule has 15 heavy (non-hydrogen) atoms. The number of piperidine rings is 1. The zero-order valence-corrected chi connectivity index (χ0v) is 11.5. The fraction of sp³-hybridized carbons (Fsp3) is 1.00. The minimum absolute atomic E-state index is 0.368. The van der Waals surface area contributed by atoms with Gasteiger partial charge in [-0.2, -0.15) is 12.6 Å². The van der Waals surface area contributed by atoms with E-state index in [9.17, 15) is 0 Å². The van der Waals surface area contributed by atoms with Gasteiger partial charge in [0.25, 0.3) is 0 Å². The van der Waals surface area contributed by atoms with Crippen LogP contribution in [0.25, 0.3) is 0 Å². The first-order valence-corrected chi connectivity index (χ1v) is 7.07. The zero-order valence-electron chi connectivity index (χ0n) is 10.6. The normalized spacial score (nSPS) is 24.4. The molecule has 90 valence electrons. The van der Waals surface area contributed by atoms with E-state index < -0.39 is 0 Å². The molecule has 0 aromatic rings. The fourth-order valence-corrected chi connectivity index (χ4v) is 2.63. The molecule has 1 saturated heterocycles. The standard InChI is InChI=1S/C13H27NS/c1-4-7-12-8-5-6-9-14(12)10-13(2,3)11-15/h12,15H,4-11H2,1-3H3.